The van der Waals surface area contributed by atoms with Crippen LogP contribution in [0.5, 0.6) is 0 Å². The first kappa shape index (κ1) is 23.0. The molecule has 2 heterocycles. The number of aromatic nitrogens is 2. The molecule has 6 nitrogen and oxygen atoms in total. The zero-order valence-corrected chi connectivity index (χ0v) is 20.4. The van der Waals surface area contributed by atoms with Crippen molar-refractivity contribution in [1.29, 1.82) is 0 Å². The molecule has 0 fully saturated rings. The van der Waals surface area contributed by atoms with Crippen molar-refractivity contribution in [3.05, 3.63) is 99.3 Å². The molecule has 3 aromatic carbocycles. The summed E-state index contributed by atoms with van der Waals surface area (Å²) in [7, 11) is 0. The van der Waals surface area contributed by atoms with Crippen LogP contribution >= 0.6 is 34.5 Å². The summed E-state index contributed by atoms with van der Waals surface area (Å²) in [6.07, 6.45) is 1.45. The molecule has 2 aromatic heterocycles. The number of anilines is 1. The van der Waals surface area contributed by atoms with E-state index >= 15 is 0 Å². The lowest BCUT2D eigenvalue weighted by molar-refractivity contribution is 0.0960. The Morgan fingerprint density at radius 2 is 1.63 bits per heavy atom. The summed E-state index contributed by atoms with van der Waals surface area (Å²) in [5.41, 5.74) is 13.4. The topological polar surface area (TPSA) is 93.3 Å². The Morgan fingerprint density at radius 1 is 0.943 bits per heavy atom. The molecule has 0 saturated heterocycles. The number of nitrogens with zero attached hydrogens (tertiary/aromatic N) is 3. The number of hydrogen-bond acceptors (Lipinski definition) is 6. The van der Waals surface area contributed by atoms with Crippen molar-refractivity contribution in [2.45, 2.75) is 0 Å². The molecule has 0 radical (unpaired) electrons. The molecule has 5 aromatic rings. The van der Waals surface area contributed by atoms with Crippen LogP contribution in [0.15, 0.2) is 84.0 Å². The van der Waals surface area contributed by atoms with Gasteiger partial charge in [0, 0.05) is 27.1 Å². The van der Waals surface area contributed by atoms with E-state index in [4.69, 9.17) is 28.9 Å². The molecule has 172 valence electrons. The van der Waals surface area contributed by atoms with Gasteiger partial charge in [-0.3, -0.25) is 4.79 Å². The van der Waals surface area contributed by atoms with Gasteiger partial charge in [-0.05, 0) is 17.7 Å². The number of thiophene rings is 1. The maximum atomic E-state index is 13.0. The number of nitrogens with one attached hydrogen (secondary N) is 1. The van der Waals surface area contributed by atoms with Crippen molar-refractivity contribution in [2.24, 2.45) is 5.10 Å². The lowest BCUT2D eigenvalue weighted by Gasteiger charge is -2.11. The number of nitrogens with two attached hydrogens (primary N) is 1. The van der Waals surface area contributed by atoms with Gasteiger partial charge >= 0.3 is 0 Å². The van der Waals surface area contributed by atoms with Gasteiger partial charge in [-0.2, -0.15) is 5.10 Å². The standard InChI is InChI=1S/C26H17Cl2N5OS/c27-18-12-11-17(19(28)13-18)14-30-32-25(34)24-22(29)21-20(15-7-3-1-4-8-15)23(31-33-26(21)35-24)16-9-5-2-6-10-16/h1-14H,29H2,(H,32,34)/b30-14-. The number of hydrazone groups is 1. The van der Waals surface area contributed by atoms with E-state index in [0.29, 0.717) is 42.1 Å². The van der Waals surface area contributed by atoms with Crippen LogP contribution in [-0.4, -0.2) is 22.3 Å². The van der Waals surface area contributed by atoms with E-state index in [2.05, 4.69) is 20.7 Å². The van der Waals surface area contributed by atoms with Gasteiger partial charge in [0.1, 0.15) is 15.4 Å². The lowest BCUT2D eigenvalue weighted by atomic mass is 9.96. The second-order valence-electron chi connectivity index (χ2n) is 7.55. The average molecular weight is 518 g/mol. The Bertz CT molecular complexity index is 1570. The van der Waals surface area contributed by atoms with Crippen LogP contribution in [0, 0.1) is 0 Å². The first-order valence-electron chi connectivity index (χ1n) is 10.5. The molecule has 0 aliphatic carbocycles. The Morgan fingerprint density at radius 3 is 2.31 bits per heavy atom. The second-order valence-corrected chi connectivity index (χ2v) is 9.39. The third kappa shape index (κ3) is 4.61. The highest BCUT2D eigenvalue weighted by molar-refractivity contribution is 7.21. The van der Waals surface area contributed by atoms with Gasteiger partial charge in [0.2, 0.25) is 0 Å². The summed E-state index contributed by atoms with van der Waals surface area (Å²) in [6.45, 7) is 0. The maximum Gasteiger partial charge on any atom is 0.283 e. The van der Waals surface area contributed by atoms with E-state index in [1.807, 2.05) is 60.7 Å². The molecule has 0 unspecified atom stereocenters. The van der Waals surface area contributed by atoms with Crippen LogP contribution in [0.3, 0.4) is 0 Å². The quantitative estimate of drug-likeness (QED) is 0.201. The fraction of sp³-hybridized carbons (Fsp3) is 0. The summed E-state index contributed by atoms with van der Waals surface area (Å²) < 4.78 is 0. The number of nitrogen functional groups attached to an aromatic ring is 1. The molecule has 9 heteroatoms. The smallest absolute Gasteiger partial charge is 0.283 e. The first-order valence-corrected chi connectivity index (χ1v) is 12.1. The summed E-state index contributed by atoms with van der Waals surface area (Å²) in [4.78, 5) is 13.8. The predicted octanol–water partition coefficient (Wildman–Crippen LogP) is 6.68. The van der Waals surface area contributed by atoms with Crippen molar-refractivity contribution in [1.82, 2.24) is 15.6 Å². The fourth-order valence-corrected chi connectivity index (χ4v) is 5.07. The summed E-state index contributed by atoms with van der Waals surface area (Å²) in [5, 5.41) is 14.6. The highest BCUT2D eigenvalue weighted by Gasteiger charge is 2.23. The Balaban J connectivity index is 1.56. The van der Waals surface area contributed by atoms with Crippen molar-refractivity contribution in [3.8, 4) is 22.4 Å². The molecule has 3 N–H and O–H groups in total. The van der Waals surface area contributed by atoms with Crippen molar-refractivity contribution in [3.63, 3.8) is 0 Å². The molecular formula is C26H17Cl2N5OS. The normalized spacial score (nSPS) is 11.3. The Labute approximate surface area is 215 Å². The van der Waals surface area contributed by atoms with Crippen LogP contribution in [0.2, 0.25) is 10.0 Å². The second kappa shape index (κ2) is 9.84. The Hall–Kier alpha value is -3.78. The molecule has 35 heavy (non-hydrogen) atoms. The van der Waals surface area contributed by atoms with E-state index < -0.39 is 5.91 Å². The minimum absolute atomic E-state index is 0.302. The number of amides is 1. The van der Waals surface area contributed by atoms with Gasteiger partial charge in [-0.15, -0.1) is 21.5 Å². The predicted molar refractivity (Wildman–Crippen MR) is 144 cm³/mol. The van der Waals surface area contributed by atoms with Crippen molar-refractivity contribution < 1.29 is 4.79 Å². The van der Waals surface area contributed by atoms with Gasteiger partial charge in [-0.25, -0.2) is 5.43 Å². The first-order chi connectivity index (χ1) is 17.0. The SMILES string of the molecule is Nc1c(C(=O)N/N=C\c2ccc(Cl)cc2Cl)sc2nnc(-c3ccccc3)c(-c3ccccc3)c12. The van der Waals surface area contributed by atoms with Crippen molar-refractivity contribution in [2.75, 3.05) is 5.73 Å². The molecule has 0 saturated carbocycles. The maximum absolute atomic E-state index is 13.0. The summed E-state index contributed by atoms with van der Waals surface area (Å²) in [6, 6.07) is 24.6. The molecule has 1 amide bonds. The van der Waals surface area contributed by atoms with Gasteiger partial charge in [0.05, 0.1) is 16.9 Å². The number of halogens is 2. The van der Waals surface area contributed by atoms with Gasteiger partial charge in [0.15, 0.2) is 0 Å². The highest BCUT2D eigenvalue weighted by atomic mass is 35.5. The fourth-order valence-electron chi connectivity index (χ4n) is 3.68. The largest absolute Gasteiger partial charge is 0.397 e. The number of fused-ring (bicyclic) bond motifs is 1. The van der Waals surface area contributed by atoms with Gasteiger partial charge < -0.3 is 5.73 Å². The third-order valence-electron chi connectivity index (χ3n) is 5.30. The molecule has 0 bridgehead atoms. The minimum atomic E-state index is -0.452. The molecule has 0 atom stereocenters. The monoisotopic (exact) mass is 517 g/mol. The van der Waals surface area contributed by atoms with E-state index in [-0.39, 0.29) is 0 Å². The molecular weight excluding hydrogens is 501 g/mol. The van der Waals surface area contributed by atoms with Gasteiger partial charge in [0.25, 0.3) is 5.91 Å². The van der Waals surface area contributed by atoms with Crippen LogP contribution < -0.4 is 11.2 Å². The third-order valence-corrected chi connectivity index (χ3v) is 6.95. The minimum Gasteiger partial charge on any atom is -0.397 e. The zero-order valence-electron chi connectivity index (χ0n) is 18.1. The van der Waals surface area contributed by atoms with E-state index in [1.165, 1.54) is 17.6 Å². The van der Waals surface area contributed by atoms with Crippen LogP contribution in [0.4, 0.5) is 5.69 Å². The highest BCUT2D eigenvalue weighted by Crippen LogP contribution is 2.42. The van der Waals surface area contributed by atoms with Crippen LogP contribution in [0.1, 0.15) is 15.2 Å². The summed E-state index contributed by atoms with van der Waals surface area (Å²) >= 11 is 13.3. The molecule has 0 aliphatic rings. The molecule has 0 aliphatic heterocycles. The number of carbonyl (C=O) groups excluding carboxylic acids is 1. The van der Waals surface area contributed by atoms with Crippen LogP contribution in [0.25, 0.3) is 32.6 Å². The van der Waals surface area contributed by atoms with E-state index in [0.717, 1.165) is 16.7 Å². The Kier molecular flexibility index (Phi) is 6.46. The molecule has 0 spiro atoms. The van der Waals surface area contributed by atoms with E-state index in [9.17, 15) is 4.79 Å². The lowest BCUT2D eigenvalue weighted by Crippen LogP contribution is -2.17. The van der Waals surface area contributed by atoms with Gasteiger partial charge in [-0.1, -0.05) is 89.9 Å². The summed E-state index contributed by atoms with van der Waals surface area (Å²) in [5.74, 6) is -0.452. The zero-order chi connectivity index (χ0) is 24.4. The van der Waals surface area contributed by atoms with Crippen LogP contribution in [-0.2, 0) is 0 Å². The number of carbonyl (C=O) groups is 1. The average Bonchev–Trinajstić information content (AvgIpc) is 3.22. The molecule has 5 rings (SSSR count). The number of hydrogen-bond donors (Lipinski definition) is 2. The number of benzene rings is 3. The number of rotatable bonds is 5. The van der Waals surface area contributed by atoms with E-state index in [1.54, 1.807) is 18.2 Å². The van der Waals surface area contributed by atoms with Crippen molar-refractivity contribution >= 4 is 62.6 Å².